The number of carbonyl (C=O) groups excluding carboxylic acids is 1. The highest BCUT2D eigenvalue weighted by atomic mass is 32.2. The van der Waals surface area contributed by atoms with Crippen LogP contribution in [0.1, 0.15) is 45.8 Å². The summed E-state index contributed by atoms with van der Waals surface area (Å²) >= 11 is 1.51. The number of nitrogens with one attached hydrogen (secondary N) is 1. The quantitative estimate of drug-likeness (QED) is 0.198. The molecule has 178 valence electrons. The lowest BCUT2D eigenvalue weighted by molar-refractivity contribution is -0.384. The second-order valence-electron chi connectivity index (χ2n) is 8.29. The first kappa shape index (κ1) is 24.2. The Morgan fingerprint density at radius 1 is 1.03 bits per heavy atom. The van der Waals surface area contributed by atoms with Crippen molar-refractivity contribution in [2.45, 2.75) is 37.7 Å². The van der Waals surface area contributed by atoms with Crippen molar-refractivity contribution in [2.24, 2.45) is 0 Å². The number of hydrogen-bond acceptors (Lipinski definition) is 6. The summed E-state index contributed by atoms with van der Waals surface area (Å²) in [4.78, 5) is 23.5. The van der Waals surface area contributed by atoms with E-state index in [1.165, 1.54) is 29.5 Å². The molecule has 1 amide bonds. The first-order chi connectivity index (χ1) is 16.8. The van der Waals surface area contributed by atoms with E-state index in [9.17, 15) is 14.9 Å². The molecule has 0 saturated carbocycles. The Balaban J connectivity index is 1.64. The molecule has 4 aromatic rings. The number of nitrogens with zero attached hydrogens (tertiary/aromatic N) is 4. The number of hydrogen-bond donors (Lipinski definition) is 1. The van der Waals surface area contributed by atoms with Gasteiger partial charge in [0.05, 0.1) is 11.0 Å². The van der Waals surface area contributed by atoms with E-state index in [0.29, 0.717) is 28.0 Å². The van der Waals surface area contributed by atoms with Gasteiger partial charge in [0.2, 0.25) is 0 Å². The summed E-state index contributed by atoms with van der Waals surface area (Å²) in [5.41, 5.74) is 4.63. The van der Waals surface area contributed by atoms with Gasteiger partial charge in [-0.3, -0.25) is 19.5 Å². The van der Waals surface area contributed by atoms with Crippen molar-refractivity contribution in [3.05, 3.63) is 111 Å². The molecule has 0 aliphatic heterocycles. The van der Waals surface area contributed by atoms with Crippen LogP contribution in [0.4, 0.5) is 5.69 Å². The second-order valence-corrected chi connectivity index (χ2v) is 9.23. The van der Waals surface area contributed by atoms with Crippen LogP contribution in [0.25, 0.3) is 5.69 Å². The van der Waals surface area contributed by atoms with E-state index in [4.69, 9.17) is 0 Å². The van der Waals surface area contributed by atoms with E-state index in [0.717, 1.165) is 11.1 Å². The maximum absolute atomic E-state index is 12.8. The molecule has 0 aliphatic rings. The Morgan fingerprint density at radius 2 is 1.74 bits per heavy atom. The molecule has 1 aromatic heterocycles. The third-order valence-corrected chi connectivity index (χ3v) is 6.48. The summed E-state index contributed by atoms with van der Waals surface area (Å²) in [5.74, 6) is 0.993. The minimum atomic E-state index is -0.459. The predicted molar refractivity (Wildman–Crippen MR) is 136 cm³/mol. The van der Waals surface area contributed by atoms with E-state index < -0.39 is 11.0 Å². The topological polar surface area (TPSA) is 103 Å². The largest absolute Gasteiger partial charge is 0.342 e. The summed E-state index contributed by atoms with van der Waals surface area (Å²) in [6, 6.07) is 21.3. The molecule has 1 heterocycles. The third kappa shape index (κ3) is 5.75. The Bertz CT molecular complexity index is 1350. The Morgan fingerprint density at radius 3 is 2.40 bits per heavy atom. The van der Waals surface area contributed by atoms with Crippen molar-refractivity contribution in [2.75, 3.05) is 0 Å². The van der Waals surface area contributed by atoms with Crippen LogP contribution in [0.5, 0.6) is 0 Å². The zero-order valence-electron chi connectivity index (χ0n) is 19.6. The molecular weight excluding hydrogens is 462 g/mol. The zero-order chi connectivity index (χ0) is 24.9. The maximum Gasteiger partial charge on any atom is 0.269 e. The molecule has 0 radical (unpaired) electrons. The van der Waals surface area contributed by atoms with Crippen LogP contribution in [0, 0.1) is 24.0 Å². The van der Waals surface area contributed by atoms with Crippen LogP contribution in [0.15, 0.2) is 78.0 Å². The normalized spacial score (nSPS) is 11.7. The van der Waals surface area contributed by atoms with Gasteiger partial charge in [0, 0.05) is 29.1 Å². The number of amides is 1. The number of non-ortho nitro benzene ring substituents is 1. The van der Waals surface area contributed by atoms with Crippen molar-refractivity contribution in [1.82, 2.24) is 20.1 Å². The molecule has 1 atom stereocenters. The summed E-state index contributed by atoms with van der Waals surface area (Å²) in [7, 11) is 0. The van der Waals surface area contributed by atoms with Gasteiger partial charge in [-0.2, -0.15) is 0 Å². The molecule has 1 unspecified atom stereocenters. The minimum absolute atomic E-state index is 0.00180. The van der Waals surface area contributed by atoms with Crippen molar-refractivity contribution in [3.63, 3.8) is 0 Å². The third-order valence-electron chi connectivity index (χ3n) is 5.48. The molecule has 9 heteroatoms. The standard InChI is InChI=1S/C26H25N5O3S/c1-17-7-9-21(10-8-17)25(32)27-19(3)24-28-29-26(35-16-20-6-4-5-18(2)15-20)30(24)22-11-13-23(14-12-22)31(33)34/h4-15,19H,16H2,1-3H3,(H,27,32). The van der Waals surface area contributed by atoms with Crippen LogP contribution in [-0.2, 0) is 5.75 Å². The summed E-state index contributed by atoms with van der Waals surface area (Å²) < 4.78 is 1.84. The van der Waals surface area contributed by atoms with Gasteiger partial charge < -0.3 is 5.32 Å². The number of nitro groups is 1. The van der Waals surface area contributed by atoms with Gasteiger partial charge in [-0.15, -0.1) is 10.2 Å². The van der Waals surface area contributed by atoms with Gasteiger partial charge in [0.15, 0.2) is 11.0 Å². The van der Waals surface area contributed by atoms with E-state index in [1.54, 1.807) is 24.3 Å². The molecule has 0 saturated heterocycles. The van der Waals surface area contributed by atoms with Crippen molar-refractivity contribution in [3.8, 4) is 5.69 Å². The van der Waals surface area contributed by atoms with Crippen LogP contribution in [-0.4, -0.2) is 25.6 Å². The zero-order valence-corrected chi connectivity index (χ0v) is 20.5. The van der Waals surface area contributed by atoms with Crippen LogP contribution in [0.2, 0.25) is 0 Å². The molecule has 1 N–H and O–H groups in total. The lowest BCUT2D eigenvalue weighted by atomic mass is 10.1. The molecule has 0 spiro atoms. The summed E-state index contributed by atoms with van der Waals surface area (Å²) in [6.07, 6.45) is 0. The van der Waals surface area contributed by atoms with E-state index in [2.05, 4.69) is 27.6 Å². The molecule has 3 aromatic carbocycles. The van der Waals surface area contributed by atoms with Crippen LogP contribution >= 0.6 is 11.8 Å². The van der Waals surface area contributed by atoms with E-state index >= 15 is 0 Å². The summed E-state index contributed by atoms with van der Waals surface area (Å²) in [6.45, 7) is 5.85. The van der Waals surface area contributed by atoms with Crippen molar-refractivity contribution >= 4 is 23.4 Å². The molecular formula is C26H25N5O3S. The summed E-state index contributed by atoms with van der Waals surface area (Å²) in [5, 5.41) is 23.5. The van der Waals surface area contributed by atoms with Crippen LogP contribution < -0.4 is 5.32 Å². The molecule has 35 heavy (non-hydrogen) atoms. The van der Waals surface area contributed by atoms with Gasteiger partial charge in [-0.25, -0.2) is 0 Å². The highest BCUT2D eigenvalue weighted by molar-refractivity contribution is 7.98. The van der Waals surface area contributed by atoms with Gasteiger partial charge in [-0.05, 0) is 50.6 Å². The molecule has 0 aliphatic carbocycles. The Hall–Kier alpha value is -3.98. The lowest BCUT2D eigenvalue weighted by Crippen LogP contribution is -2.28. The monoisotopic (exact) mass is 487 g/mol. The first-order valence-corrected chi connectivity index (χ1v) is 12.1. The average Bonchev–Trinajstić information content (AvgIpc) is 3.27. The van der Waals surface area contributed by atoms with Crippen LogP contribution in [0.3, 0.4) is 0 Å². The fourth-order valence-corrected chi connectivity index (χ4v) is 4.52. The van der Waals surface area contributed by atoms with Gasteiger partial charge in [-0.1, -0.05) is 59.3 Å². The fourth-order valence-electron chi connectivity index (χ4n) is 3.62. The average molecular weight is 488 g/mol. The lowest BCUT2D eigenvalue weighted by Gasteiger charge is -2.16. The number of carbonyl (C=O) groups is 1. The second kappa shape index (κ2) is 10.5. The fraction of sp³-hybridized carbons (Fsp3) is 0.192. The van der Waals surface area contributed by atoms with E-state index in [-0.39, 0.29) is 11.6 Å². The molecule has 4 rings (SSSR count). The molecule has 8 nitrogen and oxygen atoms in total. The highest BCUT2D eigenvalue weighted by Crippen LogP contribution is 2.29. The Kier molecular flexibility index (Phi) is 7.26. The molecule has 0 fully saturated rings. The van der Waals surface area contributed by atoms with Gasteiger partial charge >= 0.3 is 0 Å². The SMILES string of the molecule is Cc1ccc(C(=O)NC(C)c2nnc(SCc3cccc(C)c3)n2-c2ccc([N+](=O)[O-])cc2)cc1. The number of nitro benzene ring substituents is 1. The van der Waals surface area contributed by atoms with Crippen molar-refractivity contribution < 1.29 is 9.72 Å². The van der Waals surface area contributed by atoms with Crippen molar-refractivity contribution in [1.29, 1.82) is 0 Å². The van der Waals surface area contributed by atoms with Gasteiger partial charge in [0.25, 0.3) is 11.6 Å². The number of aromatic nitrogens is 3. The highest BCUT2D eigenvalue weighted by Gasteiger charge is 2.22. The number of rotatable bonds is 8. The predicted octanol–water partition coefficient (Wildman–Crippen LogP) is 5.58. The first-order valence-electron chi connectivity index (χ1n) is 11.1. The smallest absolute Gasteiger partial charge is 0.269 e. The van der Waals surface area contributed by atoms with Gasteiger partial charge in [0.1, 0.15) is 0 Å². The minimum Gasteiger partial charge on any atom is -0.342 e. The number of benzene rings is 3. The number of thioether (sulfide) groups is 1. The molecule has 0 bridgehead atoms. The van der Waals surface area contributed by atoms with E-state index in [1.807, 2.05) is 49.6 Å². The maximum atomic E-state index is 12.8. The number of aryl methyl sites for hydroxylation is 2. The Labute approximate surface area is 207 Å².